The van der Waals surface area contributed by atoms with Crippen LogP contribution in [0.1, 0.15) is 27.7 Å². The maximum Gasteiger partial charge on any atom is 0.248 e. The van der Waals surface area contributed by atoms with E-state index in [9.17, 15) is 18.4 Å². The summed E-state index contributed by atoms with van der Waals surface area (Å²) in [5.74, 6) is -2.29. The highest BCUT2D eigenvalue weighted by Crippen LogP contribution is 2.30. The minimum Gasteiger partial charge on any atom is -0.366 e. The summed E-state index contributed by atoms with van der Waals surface area (Å²) in [6.45, 7) is 0.0425. The van der Waals surface area contributed by atoms with Gasteiger partial charge < -0.3 is 15.6 Å². The van der Waals surface area contributed by atoms with Crippen molar-refractivity contribution in [1.29, 1.82) is 0 Å². The summed E-state index contributed by atoms with van der Waals surface area (Å²) >= 11 is 0. The topological polar surface area (TPSA) is 90.0 Å². The molecule has 0 aliphatic carbocycles. The Morgan fingerprint density at radius 2 is 1.71 bits per heavy atom. The molecule has 38 heavy (non-hydrogen) atoms. The van der Waals surface area contributed by atoms with E-state index in [0.29, 0.717) is 27.9 Å². The molecule has 0 radical (unpaired) electrons. The molecule has 3 N–H and O–H groups in total. The van der Waals surface area contributed by atoms with Crippen LogP contribution in [-0.2, 0) is 17.8 Å². The molecule has 0 fully saturated rings. The summed E-state index contributed by atoms with van der Waals surface area (Å²) < 4.78 is 29.9. The molecule has 5 aromatic rings. The second-order valence-electron chi connectivity index (χ2n) is 8.99. The van der Waals surface area contributed by atoms with Gasteiger partial charge in [0.05, 0.1) is 11.7 Å². The number of nitrogens with zero attached hydrogens (tertiary/aromatic N) is 2. The zero-order chi connectivity index (χ0) is 26.6. The van der Waals surface area contributed by atoms with Crippen LogP contribution >= 0.6 is 0 Å². The van der Waals surface area contributed by atoms with Crippen LogP contribution in [0.25, 0.3) is 22.0 Å². The van der Waals surface area contributed by atoms with Gasteiger partial charge in [0.1, 0.15) is 18.2 Å². The molecular formula is C30H24F2N4O2. The number of nitrogens with two attached hydrogens (primary N) is 1. The number of nitrogens with one attached hydrogen (secondary N) is 1. The standard InChI is InChI=1S/C30H24F2N4O2/c31-23-13-19(14-24(32)17-23)15-26(35-28(37)18-36-12-10-20-5-1-2-9-27(20)36)29-25(8-4-11-34-29)21-6-3-7-22(16-21)30(33)38/h1-14,16-17,26H,15,18H2,(H2,33,38)(H,35,37). The van der Waals surface area contributed by atoms with Gasteiger partial charge in [-0.1, -0.05) is 36.4 Å². The van der Waals surface area contributed by atoms with E-state index in [4.69, 9.17) is 5.73 Å². The Morgan fingerprint density at radius 3 is 2.50 bits per heavy atom. The Morgan fingerprint density at radius 1 is 0.921 bits per heavy atom. The number of benzene rings is 3. The lowest BCUT2D eigenvalue weighted by atomic mass is 9.94. The van der Waals surface area contributed by atoms with E-state index >= 15 is 0 Å². The van der Waals surface area contributed by atoms with Crippen molar-refractivity contribution in [2.75, 3.05) is 0 Å². The van der Waals surface area contributed by atoms with E-state index in [0.717, 1.165) is 17.0 Å². The summed E-state index contributed by atoms with van der Waals surface area (Å²) in [6.07, 6.45) is 3.51. The first-order valence-electron chi connectivity index (χ1n) is 12.0. The molecule has 0 aliphatic rings. The van der Waals surface area contributed by atoms with Crippen molar-refractivity contribution in [2.45, 2.75) is 19.0 Å². The Balaban J connectivity index is 1.51. The van der Waals surface area contributed by atoms with Gasteiger partial charge in [0.2, 0.25) is 11.8 Å². The van der Waals surface area contributed by atoms with Crippen LogP contribution in [0.3, 0.4) is 0 Å². The van der Waals surface area contributed by atoms with Crippen molar-refractivity contribution in [3.05, 3.63) is 126 Å². The van der Waals surface area contributed by atoms with Crippen LogP contribution in [-0.4, -0.2) is 21.4 Å². The predicted molar refractivity (Wildman–Crippen MR) is 141 cm³/mol. The first kappa shape index (κ1) is 24.8. The number of primary amides is 1. The minimum atomic E-state index is -0.723. The van der Waals surface area contributed by atoms with E-state index in [2.05, 4.69) is 10.3 Å². The highest BCUT2D eigenvalue weighted by molar-refractivity contribution is 5.94. The summed E-state index contributed by atoms with van der Waals surface area (Å²) in [6, 6.07) is 22.5. The van der Waals surface area contributed by atoms with Gasteiger partial charge in [0.25, 0.3) is 0 Å². The third-order valence-corrected chi connectivity index (χ3v) is 6.32. The molecule has 190 valence electrons. The molecule has 0 saturated heterocycles. The maximum absolute atomic E-state index is 14.0. The number of hydrogen-bond donors (Lipinski definition) is 2. The fourth-order valence-electron chi connectivity index (χ4n) is 4.63. The molecule has 5 rings (SSSR count). The molecule has 2 amide bonds. The van der Waals surface area contributed by atoms with Crippen LogP contribution in [0, 0.1) is 11.6 Å². The lowest BCUT2D eigenvalue weighted by molar-refractivity contribution is -0.122. The first-order valence-corrected chi connectivity index (χ1v) is 12.0. The van der Waals surface area contributed by atoms with Gasteiger partial charge in [-0.2, -0.15) is 0 Å². The average molecular weight is 511 g/mol. The van der Waals surface area contributed by atoms with E-state index < -0.39 is 23.6 Å². The molecule has 0 bridgehead atoms. The molecule has 1 atom stereocenters. The molecule has 0 saturated carbocycles. The number of carbonyl (C=O) groups excluding carboxylic acids is 2. The molecule has 0 aliphatic heterocycles. The SMILES string of the molecule is NC(=O)c1cccc(-c2cccnc2C(Cc2cc(F)cc(F)c2)NC(=O)Cn2ccc3ccccc32)c1. The second kappa shape index (κ2) is 10.6. The van der Waals surface area contributed by atoms with Crippen molar-refractivity contribution in [3.8, 4) is 11.1 Å². The molecule has 2 heterocycles. The van der Waals surface area contributed by atoms with Crippen molar-refractivity contribution < 1.29 is 18.4 Å². The van der Waals surface area contributed by atoms with Crippen LogP contribution in [0.2, 0.25) is 0 Å². The highest BCUT2D eigenvalue weighted by atomic mass is 19.1. The summed E-state index contributed by atoms with van der Waals surface area (Å²) in [7, 11) is 0. The molecular weight excluding hydrogens is 486 g/mol. The second-order valence-corrected chi connectivity index (χ2v) is 8.99. The number of para-hydroxylation sites is 1. The fraction of sp³-hybridized carbons (Fsp3) is 0.100. The van der Waals surface area contributed by atoms with Gasteiger partial charge in [-0.25, -0.2) is 8.78 Å². The number of amides is 2. The number of aromatic nitrogens is 2. The summed E-state index contributed by atoms with van der Waals surface area (Å²) in [5.41, 5.74) is 8.89. The summed E-state index contributed by atoms with van der Waals surface area (Å²) in [5, 5.41) is 4.02. The van der Waals surface area contributed by atoms with Gasteiger partial charge in [0, 0.05) is 35.1 Å². The zero-order valence-electron chi connectivity index (χ0n) is 20.3. The van der Waals surface area contributed by atoms with Crippen LogP contribution in [0.5, 0.6) is 0 Å². The van der Waals surface area contributed by atoms with Gasteiger partial charge in [-0.3, -0.25) is 14.6 Å². The number of rotatable bonds is 8. The van der Waals surface area contributed by atoms with Gasteiger partial charge in [0.15, 0.2) is 0 Å². The Labute approximate surface area is 217 Å². The Hall–Kier alpha value is -4.85. The number of pyridine rings is 1. The molecule has 8 heteroatoms. The zero-order valence-corrected chi connectivity index (χ0v) is 20.3. The molecule has 2 aromatic heterocycles. The predicted octanol–water partition coefficient (Wildman–Crippen LogP) is 5.18. The first-order chi connectivity index (χ1) is 18.4. The lowest BCUT2D eigenvalue weighted by Gasteiger charge is -2.22. The molecule has 1 unspecified atom stereocenters. The Bertz CT molecular complexity index is 1630. The van der Waals surface area contributed by atoms with Crippen molar-refractivity contribution in [1.82, 2.24) is 14.9 Å². The van der Waals surface area contributed by atoms with Crippen LogP contribution in [0.15, 0.2) is 97.3 Å². The van der Waals surface area contributed by atoms with E-state index in [-0.39, 0.29) is 18.9 Å². The van der Waals surface area contributed by atoms with E-state index in [1.165, 1.54) is 12.1 Å². The number of fused-ring (bicyclic) bond motifs is 1. The largest absolute Gasteiger partial charge is 0.366 e. The van der Waals surface area contributed by atoms with Gasteiger partial charge in [-0.05, 0) is 65.4 Å². The Kier molecular flexibility index (Phi) is 6.95. The monoisotopic (exact) mass is 510 g/mol. The molecule has 0 spiro atoms. The highest BCUT2D eigenvalue weighted by Gasteiger charge is 2.22. The van der Waals surface area contributed by atoms with Crippen LogP contribution in [0.4, 0.5) is 8.78 Å². The third kappa shape index (κ3) is 5.44. The fourth-order valence-corrected chi connectivity index (χ4v) is 4.63. The third-order valence-electron chi connectivity index (χ3n) is 6.32. The lowest BCUT2D eigenvalue weighted by Crippen LogP contribution is -2.33. The van der Waals surface area contributed by atoms with Gasteiger partial charge >= 0.3 is 0 Å². The average Bonchev–Trinajstić information content (AvgIpc) is 3.30. The van der Waals surface area contributed by atoms with E-state index in [1.54, 1.807) is 36.5 Å². The van der Waals surface area contributed by atoms with Crippen molar-refractivity contribution >= 4 is 22.7 Å². The number of hydrogen-bond acceptors (Lipinski definition) is 3. The number of carbonyl (C=O) groups is 2. The quantitative estimate of drug-likeness (QED) is 0.301. The van der Waals surface area contributed by atoms with Crippen LogP contribution < -0.4 is 11.1 Å². The summed E-state index contributed by atoms with van der Waals surface area (Å²) in [4.78, 5) is 29.6. The van der Waals surface area contributed by atoms with Gasteiger partial charge in [-0.15, -0.1) is 0 Å². The minimum absolute atomic E-state index is 0.0425. The maximum atomic E-state index is 14.0. The van der Waals surface area contributed by atoms with Crippen molar-refractivity contribution in [2.24, 2.45) is 5.73 Å². The molecule has 6 nitrogen and oxygen atoms in total. The normalized spacial score (nSPS) is 11.8. The smallest absolute Gasteiger partial charge is 0.248 e. The molecule has 3 aromatic carbocycles. The van der Waals surface area contributed by atoms with Crippen molar-refractivity contribution in [3.63, 3.8) is 0 Å². The van der Waals surface area contributed by atoms with E-state index in [1.807, 2.05) is 47.2 Å². The number of halogens is 2.